The maximum atomic E-state index is 6.46. The molecule has 1 aliphatic rings. The molecule has 2 rings (SSSR count). The van der Waals surface area contributed by atoms with Crippen LogP contribution in [0.3, 0.4) is 0 Å². The minimum Gasteiger partial charge on any atom is -0.374 e. The number of hydrogen-bond acceptors (Lipinski definition) is 2. The van der Waals surface area contributed by atoms with Gasteiger partial charge in [-0.25, -0.2) is 0 Å². The Labute approximate surface area is 111 Å². The largest absolute Gasteiger partial charge is 0.374 e. The molecule has 1 atom stereocenters. The second-order valence-corrected chi connectivity index (χ2v) is 5.50. The standard InChI is InChI=1S/C16H25NO/c1-3-18-16(9-4-5-10-16)15(17)12-14-8-6-7-13(2)11-14/h6-8,11,15H,3-5,9-10,12,17H2,1-2H3. The van der Waals surface area contributed by atoms with Gasteiger partial charge in [-0.2, -0.15) is 0 Å². The van der Waals surface area contributed by atoms with Gasteiger partial charge in [0.25, 0.3) is 0 Å². The lowest BCUT2D eigenvalue weighted by Crippen LogP contribution is -2.49. The van der Waals surface area contributed by atoms with Gasteiger partial charge in [0.05, 0.1) is 5.60 Å². The second-order valence-electron chi connectivity index (χ2n) is 5.50. The van der Waals surface area contributed by atoms with Crippen molar-refractivity contribution in [3.63, 3.8) is 0 Å². The van der Waals surface area contributed by atoms with Gasteiger partial charge < -0.3 is 10.5 Å². The molecule has 2 heteroatoms. The Bertz CT molecular complexity index is 382. The molecule has 1 aromatic carbocycles. The molecule has 0 bridgehead atoms. The molecular formula is C16H25NO. The predicted octanol–water partition coefficient (Wildman–Crippen LogP) is 3.21. The zero-order valence-electron chi connectivity index (χ0n) is 11.6. The third kappa shape index (κ3) is 2.93. The van der Waals surface area contributed by atoms with Crippen LogP contribution in [0.1, 0.15) is 43.7 Å². The van der Waals surface area contributed by atoms with E-state index in [2.05, 4.69) is 38.1 Å². The van der Waals surface area contributed by atoms with Crippen LogP contribution in [-0.4, -0.2) is 18.2 Å². The Hall–Kier alpha value is -0.860. The monoisotopic (exact) mass is 247 g/mol. The van der Waals surface area contributed by atoms with E-state index in [-0.39, 0.29) is 11.6 Å². The van der Waals surface area contributed by atoms with E-state index in [0.29, 0.717) is 0 Å². The molecule has 1 fully saturated rings. The highest BCUT2D eigenvalue weighted by molar-refractivity contribution is 5.23. The van der Waals surface area contributed by atoms with Gasteiger partial charge in [-0.15, -0.1) is 0 Å². The predicted molar refractivity (Wildman–Crippen MR) is 75.7 cm³/mol. The summed E-state index contributed by atoms with van der Waals surface area (Å²) in [5, 5.41) is 0. The Balaban J connectivity index is 2.07. The van der Waals surface area contributed by atoms with Crippen molar-refractivity contribution >= 4 is 0 Å². The Morgan fingerprint density at radius 3 is 2.67 bits per heavy atom. The molecule has 1 saturated carbocycles. The fourth-order valence-electron chi connectivity index (χ4n) is 3.16. The second kappa shape index (κ2) is 5.85. The molecule has 2 nitrogen and oxygen atoms in total. The molecule has 1 unspecified atom stereocenters. The van der Waals surface area contributed by atoms with Gasteiger partial charge in [0.1, 0.15) is 0 Å². The van der Waals surface area contributed by atoms with Crippen LogP contribution >= 0.6 is 0 Å². The van der Waals surface area contributed by atoms with Crippen LogP contribution < -0.4 is 5.73 Å². The normalized spacial score (nSPS) is 19.9. The number of nitrogens with two attached hydrogens (primary N) is 1. The number of hydrogen-bond donors (Lipinski definition) is 1. The van der Waals surface area contributed by atoms with Gasteiger partial charge >= 0.3 is 0 Å². The maximum absolute atomic E-state index is 6.46. The lowest BCUT2D eigenvalue weighted by Gasteiger charge is -2.35. The van der Waals surface area contributed by atoms with Crippen LogP contribution in [0.2, 0.25) is 0 Å². The van der Waals surface area contributed by atoms with E-state index >= 15 is 0 Å². The van der Waals surface area contributed by atoms with Gasteiger partial charge in [0, 0.05) is 12.6 Å². The van der Waals surface area contributed by atoms with E-state index in [0.717, 1.165) is 25.9 Å². The smallest absolute Gasteiger partial charge is 0.0835 e. The topological polar surface area (TPSA) is 35.2 Å². The third-order valence-electron chi connectivity index (χ3n) is 4.10. The summed E-state index contributed by atoms with van der Waals surface area (Å²) in [6.45, 7) is 4.96. The molecule has 0 radical (unpaired) electrons. The maximum Gasteiger partial charge on any atom is 0.0835 e. The fraction of sp³-hybridized carbons (Fsp3) is 0.625. The highest BCUT2D eigenvalue weighted by atomic mass is 16.5. The van der Waals surface area contributed by atoms with Gasteiger partial charge in [0.2, 0.25) is 0 Å². The van der Waals surface area contributed by atoms with Gasteiger partial charge in [0.15, 0.2) is 0 Å². The van der Waals surface area contributed by atoms with Crippen molar-refractivity contribution in [1.29, 1.82) is 0 Å². The van der Waals surface area contributed by atoms with E-state index in [1.54, 1.807) is 0 Å². The highest BCUT2D eigenvalue weighted by Gasteiger charge is 2.40. The summed E-state index contributed by atoms with van der Waals surface area (Å²) in [5.74, 6) is 0. The fourth-order valence-corrected chi connectivity index (χ4v) is 3.16. The van der Waals surface area contributed by atoms with Crippen molar-refractivity contribution in [2.45, 2.75) is 57.6 Å². The minimum absolute atomic E-state index is 0.0709. The van der Waals surface area contributed by atoms with Crippen molar-refractivity contribution in [3.8, 4) is 0 Å². The highest BCUT2D eigenvalue weighted by Crippen LogP contribution is 2.36. The number of aryl methyl sites for hydroxylation is 1. The molecule has 0 amide bonds. The first-order valence-corrected chi connectivity index (χ1v) is 7.11. The summed E-state index contributed by atoms with van der Waals surface area (Å²) in [4.78, 5) is 0. The summed E-state index contributed by atoms with van der Waals surface area (Å²) in [5.41, 5.74) is 9.02. The van der Waals surface area contributed by atoms with E-state index < -0.39 is 0 Å². The molecule has 0 aromatic heterocycles. The lowest BCUT2D eigenvalue weighted by molar-refractivity contribution is -0.0525. The molecule has 100 valence electrons. The van der Waals surface area contributed by atoms with E-state index in [1.807, 2.05) is 0 Å². The van der Waals surface area contributed by atoms with Gasteiger partial charge in [-0.05, 0) is 38.7 Å². The zero-order chi connectivity index (χ0) is 13.0. The van der Waals surface area contributed by atoms with Crippen molar-refractivity contribution in [3.05, 3.63) is 35.4 Å². The van der Waals surface area contributed by atoms with Crippen LogP contribution in [0.5, 0.6) is 0 Å². The first-order valence-electron chi connectivity index (χ1n) is 7.11. The molecule has 0 heterocycles. The lowest BCUT2D eigenvalue weighted by atomic mass is 9.87. The SMILES string of the molecule is CCOC1(C(N)Cc2cccc(C)c2)CCCC1. The molecule has 0 aliphatic heterocycles. The molecular weight excluding hydrogens is 222 g/mol. The Morgan fingerprint density at radius 2 is 2.06 bits per heavy atom. The minimum atomic E-state index is -0.0709. The summed E-state index contributed by atoms with van der Waals surface area (Å²) in [7, 11) is 0. The van der Waals surface area contributed by atoms with Gasteiger partial charge in [-0.3, -0.25) is 0 Å². The van der Waals surface area contributed by atoms with Crippen molar-refractivity contribution in [2.24, 2.45) is 5.73 Å². The molecule has 1 aliphatic carbocycles. The molecule has 0 saturated heterocycles. The summed E-state index contributed by atoms with van der Waals surface area (Å²) in [6.07, 6.45) is 5.66. The molecule has 1 aromatic rings. The van der Waals surface area contributed by atoms with E-state index in [4.69, 9.17) is 10.5 Å². The average molecular weight is 247 g/mol. The first-order chi connectivity index (χ1) is 8.66. The van der Waals surface area contributed by atoms with Crippen molar-refractivity contribution in [1.82, 2.24) is 0 Å². The van der Waals surface area contributed by atoms with Crippen molar-refractivity contribution in [2.75, 3.05) is 6.61 Å². The third-order valence-corrected chi connectivity index (χ3v) is 4.10. The molecule has 2 N–H and O–H groups in total. The quantitative estimate of drug-likeness (QED) is 0.867. The number of rotatable bonds is 5. The van der Waals surface area contributed by atoms with E-state index in [1.165, 1.54) is 24.0 Å². The zero-order valence-corrected chi connectivity index (χ0v) is 11.6. The van der Waals surface area contributed by atoms with Crippen LogP contribution in [0.25, 0.3) is 0 Å². The Morgan fingerprint density at radius 1 is 1.33 bits per heavy atom. The summed E-state index contributed by atoms with van der Waals surface area (Å²) in [6, 6.07) is 8.75. The van der Waals surface area contributed by atoms with Crippen LogP contribution in [0.4, 0.5) is 0 Å². The summed E-state index contributed by atoms with van der Waals surface area (Å²) >= 11 is 0. The molecule has 18 heavy (non-hydrogen) atoms. The van der Waals surface area contributed by atoms with E-state index in [9.17, 15) is 0 Å². The van der Waals surface area contributed by atoms with Crippen molar-refractivity contribution < 1.29 is 4.74 Å². The molecule has 0 spiro atoms. The van der Waals surface area contributed by atoms with Crippen LogP contribution in [-0.2, 0) is 11.2 Å². The Kier molecular flexibility index (Phi) is 4.41. The summed E-state index contributed by atoms with van der Waals surface area (Å²) < 4.78 is 6.03. The van der Waals surface area contributed by atoms with Crippen LogP contribution in [0.15, 0.2) is 24.3 Å². The number of benzene rings is 1. The average Bonchev–Trinajstić information content (AvgIpc) is 2.79. The first kappa shape index (κ1) is 13.6. The van der Waals surface area contributed by atoms with Crippen LogP contribution in [0, 0.1) is 6.92 Å². The number of ether oxygens (including phenoxy) is 1. The van der Waals surface area contributed by atoms with Gasteiger partial charge in [-0.1, -0.05) is 42.7 Å².